The Balaban J connectivity index is 2.06. The average Bonchev–Trinajstić information content (AvgIpc) is 2.50. The van der Waals surface area contributed by atoms with Crippen molar-refractivity contribution in [3.63, 3.8) is 0 Å². The number of hydrogen-bond donors (Lipinski definition) is 1. The van der Waals surface area contributed by atoms with Crippen molar-refractivity contribution in [2.75, 3.05) is 26.2 Å². The summed E-state index contributed by atoms with van der Waals surface area (Å²) in [4.78, 5) is 2.55. The normalized spacial score (nSPS) is 18.1. The fourth-order valence-electron chi connectivity index (χ4n) is 3.11. The Bertz CT molecular complexity index is 446. The van der Waals surface area contributed by atoms with E-state index in [0.717, 1.165) is 38.5 Å². The highest BCUT2D eigenvalue weighted by atomic mass is 79.9. The molecule has 0 bridgehead atoms. The molecule has 1 aliphatic heterocycles. The van der Waals surface area contributed by atoms with Crippen LogP contribution in [0.5, 0.6) is 0 Å². The summed E-state index contributed by atoms with van der Waals surface area (Å²) in [6.45, 7) is 8.98. The molecule has 4 heteroatoms. The molecule has 118 valence electrons. The zero-order chi connectivity index (χ0) is 15.2. The number of hydrogen-bond acceptors (Lipinski definition) is 2. The molecule has 1 fully saturated rings. The van der Waals surface area contributed by atoms with Crippen LogP contribution in [0.3, 0.4) is 0 Å². The van der Waals surface area contributed by atoms with Gasteiger partial charge in [0.25, 0.3) is 0 Å². The highest BCUT2D eigenvalue weighted by Crippen LogP contribution is 2.27. The summed E-state index contributed by atoms with van der Waals surface area (Å²) in [6, 6.07) is 5.72. The summed E-state index contributed by atoms with van der Waals surface area (Å²) < 4.78 is 14.0. The molecule has 0 aromatic heterocycles. The average molecular weight is 357 g/mol. The van der Waals surface area contributed by atoms with Gasteiger partial charge < -0.3 is 5.32 Å². The Kier molecular flexibility index (Phi) is 6.65. The Hall–Kier alpha value is -0.450. The molecule has 0 spiro atoms. The Labute approximate surface area is 136 Å². The maximum absolute atomic E-state index is 13.4. The maximum atomic E-state index is 13.4. The maximum Gasteiger partial charge on any atom is 0.137 e. The van der Waals surface area contributed by atoms with Crippen LogP contribution in [0.1, 0.15) is 44.7 Å². The number of benzene rings is 1. The van der Waals surface area contributed by atoms with Crippen molar-refractivity contribution in [3.05, 3.63) is 34.1 Å². The van der Waals surface area contributed by atoms with Gasteiger partial charge in [0.05, 0.1) is 4.47 Å². The lowest BCUT2D eigenvalue weighted by Gasteiger charge is -2.34. The summed E-state index contributed by atoms with van der Waals surface area (Å²) in [5.74, 6) is 0.593. The zero-order valence-electron chi connectivity index (χ0n) is 13.0. The second-order valence-corrected chi connectivity index (χ2v) is 6.89. The fourth-order valence-corrected chi connectivity index (χ4v) is 3.51. The van der Waals surface area contributed by atoms with E-state index >= 15 is 0 Å². The van der Waals surface area contributed by atoms with Crippen molar-refractivity contribution in [3.8, 4) is 0 Å². The van der Waals surface area contributed by atoms with E-state index in [0.29, 0.717) is 10.5 Å². The van der Waals surface area contributed by atoms with Crippen LogP contribution in [0.15, 0.2) is 22.7 Å². The van der Waals surface area contributed by atoms with Crippen LogP contribution in [0.2, 0.25) is 0 Å². The lowest BCUT2D eigenvalue weighted by atomic mass is 9.96. The molecule has 21 heavy (non-hydrogen) atoms. The lowest BCUT2D eigenvalue weighted by molar-refractivity contribution is 0.161. The SMILES string of the molecule is CCCN(CC1CCNCC1)C(C)c1ccc(F)c(Br)c1. The molecule has 0 saturated carbocycles. The highest BCUT2D eigenvalue weighted by molar-refractivity contribution is 9.10. The second kappa shape index (κ2) is 8.25. The first-order valence-electron chi connectivity index (χ1n) is 8.01. The summed E-state index contributed by atoms with van der Waals surface area (Å²) in [7, 11) is 0. The Morgan fingerprint density at radius 3 is 2.71 bits per heavy atom. The van der Waals surface area contributed by atoms with Crippen LogP contribution < -0.4 is 5.32 Å². The van der Waals surface area contributed by atoms with Gasteiger partial charge in [0, 0.05) is 12.6 Å². The van der Waals surface area contributed by atoms with Gasteiger partial charge in [-0.3, -0.25) is 4.90 Å². The van der Waals surface area contributed by atoms with Gasteiger partial charge in [0.2, 0.25) is 0 Å². The van der Waals surface area contributed by atoms with E-state index in [2.05, 4.69) is 40.0 Å². The lowest BCUT2D eigenvalue weighted by Crippen LogP contribution is -2.37. The molecule has 1 saturated heterocycles. The van der Waals surface area contributed by atoms with E-state index < -0.39 is 0 Å². The minimum absolute atomic E-state index is 0.189. The van der Waals surface area contributed by atoms with Crippen LogP contribution in [-0.2, 0) is 0 Å². The summed E-state index contributed by atoms with van der Waals surface area (Å²) >= 11 is 3.30. The smallest absolute Gasteiger partial charge is 0.137 e. The van der Waals surface area contributed by atoms with Crippen molar-refractivity contribution in [1.82, 2.24) is 10.2 Å². The summed E-state index contributed by atoms with van der Waals surface area (Å²) in [5, 5.41) is 3.43. The van der Waals surface area contributed by atoms with Gasteiger partial charge >= 0.3 is 0 Å². The van der Waals surface area contributed by atoms with Crippen LogP contribution in [0.25, 0.3) is 0 Å². The van der Waals surface area contributed by atoms with Crippen molar-refractivity contribution in [2.24, 2.45) is 5.92 Å². The van der Waals surface area contributed by atoms with Gasteiger partial charge in [-0.2, -0.15) is 0 Å². The molecule has 1 aromatic rings. The Morgan fingerprint density at radius 1 is 1.38 bits per heavy atom. The molecule has 1 N–H and O–H groups in total. The third-order valence-corrected chi connectivity index (χ3v) is 5.04. The minimum Gasteiger partial charge on any atom is -0.317 e. The summed E-state index contributed by atoms with van der Waals surface area (Å²) in [6.07, 6.45) is 3.68. The van der Waals surface area contributed by atoms with Crippen molar-refractivity contribution in [2.45, 2.75) is 39.2 Å². The van der Waals surface area contributed by atoms with Gasteiger partial charge in [0.15, 0.2) is 0 Å². The van der Waals surface area contributed by atoms with Gasteiger partial charge in [-0.25, -0.2) is 4.39 Å². The van der Waals surface area contributed by atoms with Crippen molar-refractivity contribution >= 4 is 15.9 Å². The Morgan fingerprint density at radius 2 is 2.10 bits per heavy atom. The minimum atomic E-state index is -0.189. The first kappa shape index (κ1) is 16.9. The van der Waals surface area contributed by atoms with Gasteiger partial charge in [0.1, 0.15) is 5.82 Å². The van der Waals surface area contributed by atoms with E-state index in [1.807, 2.05) is 12.1 Å². The molecule has 1 unspecified atom stereocenters. The molecule has 0 aliphatic carbocycles. The molecule has 0 amide bonds. The van der Waals surface area contributed by atoms with Crippen LogP contribution in [-0.4, -0.2) is 31.1 Å². The van der Waals surface area contributed by atoms with E-state index in [9.17, 15) is 4.39 Å². The largest absolute Gasteiger partial charge is 0.317 e. The van der Waals surface area contributed by atoms with Crippen molar-refractivity contribution < 1.29 is 4.39 Å². The quantitative estimate of drug-likeness (QED) is 0.814. The predicted octanol–water partition coefficient (Wildman–Crippen LogP) is 4.36. The third kappa shape index (κ3) is 4.76. The van der Waals surface area contributed by atoms with Crippen molar-refractivity contribution in [1.29, 1.82) is 0 Å². The number of piperidine rings is 1. The molecule has 2 nitrogen and oxygen atoms in total. The number of halogens is 2. The fraction of sp³-hybridized carbons (Fsp3) is 0.647. The zero-order valence-corrected chi connectivity index (χ0v) is 14.6. The standard InChI is InChI=1S/C17H26BrFN2/c1-3-10-21(12-14-6-8-20-9-7-14)13(2)15-4-5-17(19)16(18)11-15/h4-5,11,13-14,20H,3,6-10,12H2,1-2H3. The number of rotatable bonds is 6. The molecular formula is C17H26BrFN2. The summed E-state index contributed by atoms with van der Waals surface area (Å²) in [5.41, 5.74) is 1.19. The number of nitrogens with zero attached hydrogens (tertiary/aromatic N) is 1. The van der Waals surface area contributed by atoms with E-state index in [4.69, 9.17) is 0 Å². The van der Waals surface area contributed by atoms with Crippen LogP contribution in [0, 0.1) is 11.7 Å². The molecule has 1 atom stereocenters. The second-order valence-electron chi connectivity index (χ2n) is 6.04. The first-order valence-corrected chi connectivity index (χ1v) is 8.80. The van der Waals surface area contributed by atoms with Crippen LogP contribution >= 0.6 is 15.9 Å². The molecule has 1 heterocycles. The first-order chi connectivity index (χ1) is 10.1. The molecule has 2 rings (SSSR count). The third-order valence-electron chi connectivity index (χ3n) is 4.44. The molecule has 0 radical (unpaired) electrons. The molecule has 1 aliphatic rings. The van der Waals surface area contributed by atoms with Gasteiger partial charge in [-0.15, -0.1) is 0 Å². The topological polar surface area (TPSA) is 15.3 Å². The molecular weight excluding hydrogens is 331 g/mol. The predicted molar refractivity (Wildman–Crippen MR) is 90.0 cm³/mol. The van der Waals surface area contributed by atoms with E-state index in [1.165, 1.54) is 18.4 Å². The van der Waals surface area contributed by atoms with E-state index in [1.54, 1.807) is 6.07 Å². The van der Waals surface area contributed by atoms with Crippen LogP contribution in [0.4, 0.5) is 4.39 Å². The monoisotopic (exact) mass is 356 g/mol. The van der Waals surface area contributed by atoms with Gasteiger partial charge in [-0.1, -0.05) is 13.0 Å². The number of nitrogens with one attached hydrogen (secondary N) is 1. The highest BCUT2D eigenvalue weighted by Gasteiger charge is 2.21. The van der Waals surface area contributed by atoms with Gasteiger partial charge in [-0.05, 0) is 85.4 Å². The molecule has 1 aromatic carbocycles. The van der Waals surface area contributed by atoms with E-state index in [-0.39, 0.29) is 5.82 Å².